The second kappa shape index (κ2) is 4.93. The summed E-state index contributed by atoms with van der Waals surface area (Å²) in [4.78, 5) is 16.2. The van der Waals surface area contributed by atoms with Gasteiger partial charge in [0.1, 0.15) is 5.82 Å². The number of nitrogens with one attached hydrogen (secondary N) is 1. The lowest BCUT2D eigenvalue weighted by Gasteiger charge is -2.07. The molecular formula is C14H11N5O. The van der Waals surface area contributed by atoms with Crippen molar-refractivity contribution in [1.82, 2.24) is 15.2 Å². The van der Waals surface area contributed by atoms with Crippen molar-refractivity contribution < 1.29 is 4.79 Å². The quantitative estimate of drug-likeness (QED) is 0.737. The zero-order valence-corrected chi connectivity index (χ0v) is 10.4. The first-order valence-corrected chi connectivity index (χ1v) is 5.97. The summed E-state index contributed by atoms with van der Waals surface area (Å²) >= 11 is 0. The number of amides is 1. The number of nitrogens with zero attached hydrogens (tertiary/aromatic N) is 3. The minimum absolute atomic E-state index is 0.213. The van der Waals surface area contributed by atoms with E-state index in [0.29, 0.717) is 5.69 Å². The Balaban J connectivity index is 1.93. The molecule has 98 valence electrons. The third-order valence-electron chi connectivity index (χ3n) is 2.85. The number of carbonyl (C=O) groups excluding carboxylic acids is 1. The standard InChI is InChI=1S/C14H11N5O/c15-13-5-4-12(18-19-13)14(20)17-11-3-1-2-9-8-16-7-6-10(9)11/h1-8H,(H2,15,19)(H,17,20). The lowest BCUT2D eigenvalue weighted by molar-refractivity contribution is 0.102. The number of rotatable bonds is 2. The molecule has 0 saturated carbocycles. The molecule has 0 aliphatic rings. The van der Waals surface area contributed by atoms with Crippen LogP contribution in [-0.2, 0) is 0 Å². The highest BCUT2D eigenvalue weighted by molar-refractivity contribution is 6.08. The number of nitrogen functional groups attached to an aromatic ring is 1. The number of pyridine rings is 1. The van der Waals surface area contributed by atoms with E-state index in [1.54, 1.807) is 12.4 Å². The summed E-state index contributed by atoms with van der Waals surface area (Å²) in [7, 11) is 0. The summed E-state index contributed by atoms with van der Waals surface area (Å²) in [5.41, 5.74) is 6.36. The molecule has 0 aliphatic carbocycles. The predicted octanol–water partition coefficient (Wildman–Crippen LogP) is 1.86. The van der Waals surface area contributed by atoms with Crippen molar-refractivity contribution in [2.45, 2.75) is 0 Å². The van der Waals surface area contributed by atoms with Crippen LogP contribution in [0, 0.1) is 0 Å². The van der Waals surface area contributed by atoms with Gasteiger partial charge in [-0.25, -0.2) is 0 Å². The molecule has 3 rings (SSSR count). The van der Waals surface area contributed by atoms with E-state index >= 15 is 0 Å². The van der Waals surface area contributed by atoms with Crippen LogP contribution in [0.5, 0.6) is 0 Å². The fraction of sp³-hybridized carbons (Fsp3) is 0. The Kier molecular flexibility index (Phi) is 2.96. The van der Waals surface area contributed by atoms with Crippen LogP contribution < -0.4 is 11.1 Å². The number of nitrogens with two attached hydrogens (primary N) is 1. The number of anilines is 2. The van der Waals surface area contributed by atoms with Crippen molar-refractivity contribution >= 4 is 28.2 Å². The van der Waals surface area contributed by atoms with Gasteiger partial charge in [-0.15, -0.1) is 10.2 Å². The lowest BCUT2D eigenvalue weighted by Crippen LogP contribution is -2.14. The minimum atomic E-state index is -0.332. The first kappa shape index (κ1) is 12.0. The Hall–Kier alpha value is -3.02. The van der Waals surface area contributed by atoms with Crippen LogP contribution in [0.1, 0.15) is 10.5 Å². The molecule has 2 heterocycles. The molecule has 0 bridgehead atoms. The van der Waals surface area contributed by atoms with Gasteiger partial charge in [0.15, 0.2) is 5.69 Å². The maximum absolute atomic E-state index is 12.1. The average Bonchev–Trinajstić information content (AvgIpc) is 2.48. The molecule has 20 heavy (non-hydrogen) atoms. The maximum atomic E-state index is 12.1. The summed E-state index contributed by atoms with van der Waals surface area (Å²) in [6, 6.07) is 10.5. The molecule has 0 aliphatic heterocycles. The van der Waals surface area contributed by atoms with Crippen molar-refractivity contribution in [3.8, 4) is 0 Å². The molecule has 6 heteroatoms. The zero-order valence-electron chi connectivity index (χ0n) is 10.4. The van der Waals surface area contributed by atoms with E-state index in [4.69, 9.17) is 5.73 Å². The molecule has 0 spiro atoms. The van der Waals surface area contributed by atoms with E-state index in [2.05, 4.69) is 20.5 Å². The van der Waals surface area contributed by atoms with Crippen molar-refractivity contribution in [1.29, 1.82) is 0 Å². The fourth-order valence-corrected chi connectivity index (χ4v) is 1.88. The molecule has 0 saturated heterocycles. The monoisotopic (exact) mass is 265 g/mol. The number of fused-ring (bicyclic) bond motifs is 1. The molecule has 2 aromatic heterocycles. The topological polar surface area (TPSA) is 93.8 Å². The van der Waals surface area contributed by atoms with Gasteiger partial charge in [-0.3, -0.25) is 9.78 Å². The molecule has 0 fully saturated rings. The van der Waals surface area contributed by atoms with Crippen LogP contribution in [0.3, 0.4) is 0 Å². The predicted molar refractivity (Wildman–Crippen MR) is 76.1 cm³/mol. The van der Waals surface area contributed by atoms with Gasteiger partial charge in [0.25, 0.3) is 5.91 Å². The summed E-state index contributed by atoms with van der Waals surface area (Å²) < 4.78 is 0. The molecule has 3 N–H and O–H groups in total. The highest BCUT2D eigenvalue weighted by Gasteiger charge is 2.10. The SMILES string of the molecule is Nc1ccc(C(=O)Nc2cccc3cnccc23)nn1. The van der Waals surface area contributed by atoms with Crippen LogP contribution in [-0.4, -0.2) is 21.1 Å². The van der Waals surface area contributed by atoms with Gasteiger partial charge in [-0.05, 0) is 24.3 Å². The average molecular weight is 265 g/mol. The minimum Gasteiger partial charge on any atom is -0.382 e. The van der Waals surface area contributed by atoms with Gasteiger partial charge >= 0.3 is 0 Å². The van der Waals surface area contributed by atoms with E-state index in [9.17, 15) is 4.79 Å². The Morgan fingerprint density at radius 2 is 2.00 bits per heavy atom. The molecule has 3 aromatic rings. The summed E-state index contributed by atoms with van der Waals surface area (Å²) in [6.07, 6.45) is 3.43. The van der Waals surface area contributed by atoms with Gasteiger partial charge in [-0.1, -0.05) is 12.1 Å². The first-order valence-electron chi connectivity index (χ1n) is 5.97. The van der Waals surface area contributed by atoms with Crippen molar-refractivity contribution in [2.75, 3.05) is 11.1 Å². The van der Waals surface area contributed by atoms with E-state index in [0.717, 1.165) is 10.8 Å². The summed E-state index contributed by atoms with van der Waals surface area (Å²) in [5, 5.41) is 12.1. The van der Waals surface area contributed by atoms with Crippen LogP contribution in [0.15, 0.2) is 48.8 Å². The van der Waals surface area contributed by atoms with Crippen molar-refractivity contribution in [2.24, 2.45) is 0 Å². The number of carbonyl (C=O) groups is 1. The second-order valence-corrected chi connectivity index (χ2v) is 4.20. The molecule has 0 radical (unpaired) electrons. The Morgan fingerprint density at radius 3 is 2.80 bits per heavy atom. The summed E-state index contributed by atoms with van der Waals surface area (Å²) in [5.74, 6) is -0.0559. The maximum Gasteiger partial charge on any atom is 0.276 e. The third kappa shape index (κ3) is 2.26. The number of aromatic nitrogens is 3. The number of hydrogen-bond acceptors (Lipinski definition) is 5. The third-order valence-corrected chi connectivity index (χ3v) is 2.85. The molecule has 0 atom stereocenters. The van der Waals surface area contributed by atoms with E-state index in [-0.39, 0.29) is 17.4 Å². The normalized spacial score (nSPS) is 10.4. The Bertz CT molecular complexity index is 765. The fourth-order valence-electron chi connectivity index (χ4n) is 1.88. The van der Waals surface area contributed by atoms with Crippen LogP contribution in [0.2, 0.25) is 0 Å². The molecular weight excluding hydrogens is 254 g/mol. The zero-order chi connectivity index (χ0) is 13.9. The first-order chi connectivity index (χ1) is 9.74. The van der Waals surface area contributed by atoms with Crippen LogP contribution in [0.4, 0.5) is 11.5 Å². The largest absolute Gasteiger partial charge is 0.382 e. The number of benzene rings is 1. The lowest BCUT2D eigenvalue weighted by atomic mass is 10.1. The molecule has 1 amide bonds. The van der Waals surface area contributed by atoms with Gasteiger partial charge in [0.2, 0.25) is 0 Å². The van der Waals surface area contributed by atoms with Crippen LogP contribution >= 0.6 is 0 Å². The van der Waals surface area contributed by atoms with E-state index in [1.807, 2.05) is 24.3 Å². The smallest absolute Gasteiger partial charge is 0.276 e. The van der Waals surface area contributed by atoms with Crippen molar-refractivity contribution in [3.63, 3.8) is 0 Å². The van der Waals surface area contributed by atoms with Gasteiger partial charge < -0.3 is 11.1 Å². The van der Waals surface area contributed by atoms with E-state index < -0.39 is 0 Å². The van der Waals surface area contributed by atoms with Gasteiger partial charge in [0, 0.05) is 28.9 Å². The molecule has 6 nitrogen and oxygen atoms in total. The van der Waals surface area contributed by atoms with Crippen molar-refractivity contribution in [3.05, 3.63) is 54.5 Å². The highest BCUT2D eigenvalue weighted by Crippen LogP contribution is 2.22. The highest BCUT2D eigenvalue weighted by atomic mass is 16.1. The van der Waals surface area contributed by atoms with Gasteiger partial charge in [0.05, 0.1) is 0 Å². The molecule has 1 aromatic carbocycles. The Labute approximate surface area is 114 Å². The Morgan fingerprint density at radius 1 is 1.10 bits per heavy atom. The van der Waals surface area contributed by atoms with Gasteiger partial charge in [-0.2, -0.15) is 0 Å². The number of hydrogen-bond donors (Lipinski definition) is 2. The second-order valence-electron chi connectivity index (χ2n) is 4.20. The molecule has 0 unspecified atom stereocenters. The van der Waals surface area contributed by atoms with E-state index in [1.165, 1.54) is 12.1 Å². The van der Waals surface area contributed by atoms with Crippen LogP contribution in [0.25, 0.3) is 10.8 Å². The summed E-state index contributed by atoms with van der Waals surface area (Å²) in [6.45, 7) is 0.